The highest BCUT2D eigenvalue weighted by Crippen LogP contribution is 2.32. The molecular weight excluding hydrogens is 414 g/mol. The van der Waals surface area contributed by atoms with Crippen LogP contribution in [0.5, 0.6) is 0 Å². The minimum Gasteiger partial charge on any atom is -0.368 e. The molecule has 31 heavy (non-hydrogen) atoms. The standard InChI is InChI=1S/C22H26ClN7O/c1-3-14-11-25-28-27-21(14)19-13-30(8-9-31-19)20-10-15(16(23)12-24-20)22-26-17-6-4-5-7-18(17)29(22)2/h4-7,10,12,14,19,25,28H,3,8-9,11,13H2,1-2H3. The number of hydrazone groups is 1. The third-order valence-electron chi connectivity index (χ3n) is 6.11. The summed E-state index contributed by atoms with van der Waals surface area (Å²) in [6, 6.07) is 10.1. The normalized spacial score (nSPS) is 21.8. The summed E-state index contributed by atoms with van der Waals surface area (Å²) in [5.41, 5.74) is 9.96. The number of aromatic nitrogens is 3. The SMILES string of the molecule is CCC1CNNN=C1C1CN(c2cc(-c3nc4ccccc4n3C)c(Cl)cn2)CCO1. The van der Waals surface area contributed by atoms with Crippen LogP contribution in [-0.2, 0) is 11.8 Å². The summed E-state index contributed by atoms with van der Waals surface area (Å²) in [4.78, 5) is 11.7. The van der Waals surface area contributed by atoms with Crippen LogP contribution in [0.4, 0.5) is 5.82 Å². The van der Waals surface area contributed by atoms with E-state index in [9.17, 15) is 0 Å². The van der Waals surface area contributed by atoms with Crippen LogP contribution < -0.4 is 15.9 Å². The highest BCUT2D eigenvalue weighted by Gasteiger charge is 2.31. The van der Waals surface area contributed by atoms with Crippen molar-refractivity contribution in [3.63, 3.8) is 0 Å². The maximum absolute atomic E-state index is 6.56. The lowest BCUT2D eigenvalue weighted by atomic mass is 9.94. The van der Waals surface area contributed by atoms with Gasteiger partial charge in [0, 0.05) is 37.8 Å². The first kappa shape index (κ1) is 20.2. The lowest BCUT2D eigenvalue weighted by molar-refractivity contribution is 0.0786. The minimum absolute atomic E-state index is 0.0648. The van der Waals surface area contributed by atoms with E-state index in [-0.39, 0.29) is 6.10 Å². The Labute approximate surface area is 186 Å². The van der Waals surface area contributed by atoms with Gasteiger partial charge >= 0.3 is 0 Å². The maximum atomic E-state index is 6.56. The summed E-state index contributed by atoms with van der Waals surface area (Å²) in [6.07, 6.45) is 2.67. The number of nitrogens with zero attached hydrogens (tertiary/aromatic N) is 5. The molecule has 9 heteroatoms. The number of hydrogen-bond acceptors (Lipinski definition) is 7. The molecule has 5 rings (SSSR count). The molecule has 1 saturated heterocycles. The molecule has 2 aliphatic rings. The van der Waals surface area contributed by atoms with Crippen molar-refractivity contribution in [2.24, 2.45) is 18.1 Å². The van der Waals surface area contributed by atoms with E-state index in [2.05, 4.69) is 43.5 Å². The molecule has 0 radical (unpaired) electrons. The fourth-order valence-corrected chi connectivity index (χ4v) is 4.54. The van der Waals surface area contributed by atoms with Gasteiger partial charge in [0.2, 0.25) is 0 Å². The van der Waals surface area contributed by atoms with Crippen molar-refractivity contribution in [2.45, 2.75) is 19.4 Å². The quantitative estimate of drug-likeness (QED) is 0.650. The van der Waals surface area contributed by atoms with Gasteiger partial charge in [-0.05, 0) is 24.6 Å². The number of imidazole rings is 1. The number of morpholine rings is 1. The van der Waals surface area contributed by atoms with Gasteiger partial charge in [-0.2, -0.15) is 5.10 Å². The summed E-state index contributed by atoms with van der Waals surface area (Å²) in [5.74, 6) is 2.06. The molecule has 1 aromatic carbocycles. The second-order valence-corrected chi connectivity index (χ2v) is 8.35. The zero-order valence-electron chi connectivity index (χ0n) is 17.7. The molecule has 2 unspecified atom stereocenters. The number of aryl methyl sites for hydroxylation is 1. The van der Waals surface area contributed by atoms with Crippen LogP contribution in [0.1, 0.15) is 13.3 Å². The van der Waals surface area contributed by atoms with Crippen molar-refractivity contribution in [1.29, 1.82) is 0 Å². The summed E-state index contributed by atoms with van der Waals surface area (Å²) in [5, 5.41) is 5.09. The Morgan fingerprint density at radius 2 is 2.16 bits per heavy atom. The molecule has 2 aliphatic heterocycles. The van der Waals surface area contributed by atoms with Crippen molar-refractivity contribution in [3.05, 3.63) is 41.6 Å². The first-order valence-corrected chi connectivity index (χ1v) is 11.0. The van der Waals surface area contributed by atoms with E-state index in [0.29, 0.717) is 24.1 Å². The van der Waals surface area contributed by atoms with Gasteiger partial charge in [0.25, 0.3) is 0 Å². The van der Waals surface area contributed by atoms with Crippen LogP contribution in [0.3, 0.4) is 0 Å². The fraction of sp³-hybridized carbons (Fsp3) is 0.409. The van der Waals surface area contributed by atoms with E-state index >= 15 is 0 Å². The molecule has 8 nitrogen and oxygen atoms in total. The second kappa shape index (κ2) is 8.45. The lowest BCUT2D eigenvalue weighted by Gasteiger charge is -2.37. The van der Waals surface area contributed by atoms with Crippen molar-refractivity contribution in [2.75, 3.05) is 31.1 Å². The van der Waals surface area contributed by atoms with Gasteiger partial charge in [-0.15, -0.1) is 0 Å². The van der Waals surface area contributed by atoms with Crippen LogP contribution in [0.25, 0.3) is 22.4 Å². The number of benzene rings is 1. The average Bonchev–Trinajstić information content (AvgIpc) is 3.16. The summed E-state index contributed by atoms with van der Waals surface area (Å²) in [6.45, 7) is 5.12. The topological polar surface area (TPSA) is 79.6 Å². The number of fused-ring (bicyclic) bond motifs is 1. The number of ether oxygens (including phenoxy) is 1. The Hall–Kier alpha value is -2.68. The summed E-state index contributed by atoms with van der Waals surface area (Å²) >= 11 is 6.56. The number of hydrogen-bond donors (Lipinski definition) is 2. The molecule has 1 fully saturated rings. The zero-order chi connectivity index (χ0) is 21.4. The molecule has 2 aromatic heterocycles. The van der Waals surface area contributed by atoms with Crippen LogP contribution in [0, 0.1) is 5.92 Å². The third-order valence-corrected chi connectivity index (χ3v) is 6.41. The number of pyridine rings is 1. The number of rotatable bonds is 4. The Kier molecular flexibility index (Phi) is 5.52. The zero-order valence-corrected chi connectivity index (χ0v) is 18.4. The number of para-hydroxylation sites is 2. The van der Waals surface area contributed by atoms with Crippen LogP contribution in [0.2, 0.25) is 5.02 Å². The number of anilines is 1. The van der Waals surface area contributed by atoms with Crippen LogP contribution in [-0.4, -0.2) is 52.6 Å². The molecule has 2 N–H and O–H groups in total. The van der Waals surface area contributed by atoms with Crippen LogP contribution in [0.15, 0.2) is 41.6 Å². The lowest BCUT2D eigenvalue weighted by Crippen LogP contribution is -2.53. The molecule has 162 valence electrons. The summed E-state index contributed by atoms with van der Waals surface area (Å²) in [7, 11) is 2.01. The van der Waals surface area contributed by atoms with Gasteiger partial charge in [-0.1, -0.05) is 30.7 Å². The minimum atomic E-state index is -0.0648. The Balaban J connectivity index is 1.46. The van der Waals surface area contributed by atoms with Crippen LogP contribution >= 0.6 is 11.6 Å². The first-order valence-electron chi connectivity index (χ1n) is 10.6. The Morgan fingerprint density at radius 3 is 3.00 bits per heavy atom. The first-order chi connectivity index (χ1) is 15.2. The van der Waals surface area contributed by atoms with Crippen molar-refractivity contribution in [1.82, 2.24) is 25.5 Å². The van der Waals surface area contributed by atoms with Crippen molar-refractivity contribution < 1.29 is 4.74 Å². The molecule has 0 amide bonds. The average molecular weight is 440 g/mol. The van der Waals surface area contributed by atoms with E-state index in [4.69, 9.17) is 21.3 Å². The van der Waals surface area contributed by atoms with Gasteiger partial charge in [0.1, 0.15) is 17.7 Å². The predicted molar refractivity (Wildman–Crippen MR) is 123 cm³/mol. The molecule has 0 spiro atoms. The largest absolute Gasteiger partial charge is 0.368 e. The highest BCUT2D eigenvalue weighted by atomic mass is 35.5. The number of hydrazine groups is 1. The second-order valence-electron chi connectivity index (χ2n) is 7.95. The molecule has 0 bridgehead atoms. The monoisotopic (exact) mass is 439 g/mol. The van der Waals surface area contributed by atoms with E-state index in [1.165, 1.54) is 0 Å². The molecular formula is C22H26ClN7O. The molecule has 2 atom stereocenters. The van der Waals surface area contributed by atoms with Gasteiger partial charge in [-0.3, -0.25) is 0 Å². The Morgan fingerprint density at radius 1 is 1.29 bits per heavy atom. The molecule has 0 saturated carbocycles. The van der Waals surface area contributed by atoms with Gasteiger partial charge < -0.3 is 14.2 Å². The van der Waals surface area contributed by atoms with E-state index in [1.807, 2.05) is 31.3 Å². The molecule has 3 aromatic rings. The Bertz CT molecular complexity index is 1130. The number of halogens is 1. The van der Waals surface area contributed by atoms with Crippen molar-refractivity contribution >= 4 is 34.2 Å². The highest BCUT2D eigenvalue weighted by molar-refractivity contribution is 6.33. The van der Waals surface area contributed by atoms with Crippen molar-refractivity contribution in [3.8, 4) is 11.4 Å². The van der Waals surface area contributed by atoms with E-state index in [1.54, 1.807) is 6.20 Å². The van der Waals surface area contributed by atoms with Gasteiger partial charge in [-0.25, -0.2) is 20.9 Å². The van der Waals surface area contributed by atoms with E-state index < -0.39 is 0 Å². The number of nitrogens with one attached hydrogen (secondary N) is 2. The maximum Gasteiger partial charge on any atom is 0.142 e. The third kappa shape index (κ3) is 3.75. The predicted octanol–water partition coefficient (Wildman–Crippen LogP) is 2.98. The van der Waals surface area contributed by atoms with Gasteiger partial charge in [0.15, 0.2) is 0 Å². The van der Waals surface area contributed by atoms with E-state index in [0.717, 1.165) is 53.5 Å². The molecule has 4 heterocycles. The summed E-state index contributed by atoms with van der Waals surface area (Å²) < 4.78 is 8.16. The fourth-order valence-electron chi connectivity index (χ4n) is 4.35. The molecule has 0 aliphatic carbocycles. The van der Waals surface area contributed by atoms with Gasteiger partial charge in [0.05, 0.1) is 34.9 Å². The smallest absolute Gasteiger partial charge is 0.142 e.